The van der Waals surface area contributed by atoms with E-state index in [4.69, 9.17) is 0 Å². The van der Waals surface area contributed by atoms with E-state index < -0.39 is 45.4 Å². The van der Waals surface area contributed by atoms with Gasteiger partial charge >= 0.3 is 6.18 Å². The molecule has 1 saturated heterocycles. The Kier molecular flexibility index (Phi) is 6.70. The number of benzene rings is 2. The van der Waals surface area contributed by atoms with Crippen molar-refractivity contribution >= 4 is 15.9 Å². The summed E-state index contributed by atoms with van der Waals surface area (Å²) in [6.07, 6.45) is -3.58. The molecule has 1 aliphatic rings. The van der Waals surface area contributed by atoms with Crippen LogP contribution in [-0.4, -0.2) is 31.7 Å². The molecule has 0 saturated carbocycles. The quantitative estimate of drug-likeness (QED) is 0.686. The van der Waals surface area contributed by atoms with Gasteiger partial charge in [0.15, 0.2) is 0 Å². The van der Waals surface area contributed by atoms with Crippen LogP contribution in [0.2, 0.25) is 0 Å². The Bertz CT molecular complexity index is 1040. The van der Waals surface area contributed by atoms with Crippen LogP contribution in [0.15, 0.2) is 53.4 Å². The molecule has 2 atom stereocenters. The summed E-state index contributed by atoms with van der Waals surface area (Å²) in [5.41, 5.74) is -0.505. The molecule has 5 nitrogen and oxygen atoms in total. The summed E-state index contributed by atoms with van der Waals surface area (Å²) in [5.74, 6) is -1.63. The van der Waals surface area contributed by atoms with Crippen molar-refractivity contribution < 1.29 is 30.8 Å². The van der Waals surface area contributed by atoms with Crippen LogP contribution in [0.5, 0.6) is 0 Å². The number of alkyl halides is 3. The fourth-order valence-corrected chi connectivity index (χ4v) is 5.05. The molecule has 0 radical (unpaired) electrons. The van der Waals surface area contributed by atoms with E-state index in [0.29, 0.717) is 18.4 Å². The number of hydrogen-bond acceptors (Lipinski definition) is 3. The average Bonchev–Trinajstić information content (AvgIpc) is 2.73. The summed E-state index contributed by atoms with van der Waals surface area (Å²) in [6.45, 7) is 1.75. The molecular weight excluding hydrogens is 436 g/mol. The minimum Gasteiger partial charge on any atom is -0.349 e. The van der Waals surface area contributed by atoms with Gasteiger partial charge in [0.05, 0.1) is 22.4 Å². The van der Waals surface area contributed by atoms with Crippen molar-refractivity contribution in [3.63, 3.8) is 0 Å². The van der Waals surface area contributed by atoms with Gasteiger partial charge in [0.25, 0.3) is 0 Å². The smallest absolute Gasteiger partial charge is 0.349 e. The highest BCUT2D eigenvalue weighted by Crippen LogP contribution is 2.31. The summed E-state index contributed by atoms with van der Waals surface area (Å²) in [7, 11) is -3.89. The van der Waals surface area contributed by atoms with Crippen LogP contribution >= 0.6 is 0 Å². The van der Waals surface area contributed by atoms with E-state index >= 15 is 0 Å². The van der Waals surface area contributed by atoms with Gasteiger partial charge in [0, 0.05) is 13.1 Å². The normalized spacial score (nSPS) is 19.1. The van der Waals surface area contributed by atoms with Crippen LogP contribution in [0.4, 0.5) is 17.6 Å². The Labute approximate surface area is 178 Å². The first-order valence-electron chi connectivity index (χ1n) is 9.72. The molecule has 1 heterocycles. The van der Waals surface area contributed by atoms with Crippen molar-refractivity contribution in [2.45, 2.75) is 36.9 Å². The summed E-state index contributed by atoms with van der Waals surface area (Å²) in [4.78, 5) is 12.7. The number of rotatable bonds is 5. The molecule has 31 heavy (non-hydrogen) atoms. The molecule has 1 N–H and O–H groups in total. The van der Waals surface area contributed by atoms with E-state index in [1.807, 2.05) is 0 Å². The van der Waals surface area contributed by atoms with Crippen LogP contribution in [0.25, 0.3) is 0 Å². The fourth-order valence-electron chi connectivity index (χ4n) is 3.53. The van der Waals surface area contributed by atoms with Crippen LogP contribution in [0.1, 0.15) is 36.9 Å². The first-order chi connectivity index (χ1) is 14.5. The maximum atomic E-state index is 13.1. The maximum Gasteiger partial charge on any atom is 0.416 e. The number of halogens is 4. The number of nitrogens with zero attached hydrogens (tertiary/aromatic N) is 1. The molecule has 1 aliphatic heterocycles. The van der Waals surface area contributed by atoms with Crippen molar-refractivity contribution in [3.8, 4) is 0 Å². The van der Waals surface area contributed by atoms with Crippen molar-refractivity contribution in [1.82, 2.24) is 9.62 Å². The standard InChI is InChI=1S/C21H22F4N2O3S/c1-14(15-4-2-6-17(12-15)21(23,24)25)26-20(28)16-5-3-11-27(13-16)31(29,30)19-9-7-18(22)8-10-19/h2,4,6-10,12,14,16H,3,5,11,13H2,1H3,(H,26,28)/t14-,16+/m1/s1. The predicted octanol–water partition coefficient (Wildman–Crippen LogP) is 4.12. The Morgan fingerprint density at radius 3 is 2.48 bits per heavy atom. The van der Waals surface area contributed by atoms with Gasteiger partial charge in [-0.3, -0.25) is 4.79 Å². The highest BCUT2D eigenvalue weighted by Gasteiger charge is 2.34. The molecular formula is C21H22F4N2O3S. The minimum atomic E-state index is -4.49. The molecule has 0 aliphatic carbocycles. The second-order valence-electron chi connectivity index (χ2n) is 7.51. The van der Waals surface area contributed by atoms with E-state index in [1.165, 1.54) is 28.6 Å². The number of carbonyl (C=O) groups excluding carboxylic acids is 1. The number of carbonyl (C=O) groups is 1. The number of sulfonamides is 1. The van der Waals surface area contributed by atoms with Gasteiger partial charge in [0.2, 0.25) is 15.9 Å². The lowest BCUT2D eigenvalue weighted by atomic mass is 9.97. The van der Waals surface area contributed by atoms with Crippen LogP contribution in [-0.2, 0) is 21.0 Å². The van der Waals surface area contributed by atoms with Gasteiger partial charge in [-0.2, -0.15) is 17.5 Å². The third-order valence-corrected chi connectivity index (χ3v) is 7.16. The van der Waals surface area contributed by atoms with E-state index in [-0.39, 0.29) is 18.0 Å². The molecule has 0 spiro atoms. The van der Waals surface area contributed by atoms with Crippen molar-refractivity contribution in [1.29, 1.82) is 0 Å². The zero-order valence-corrected chi connectivity index (χ0v) is 17.5. The average molecular weight is 458 g/mol. The topological polar surface area (TPSA) is 66.5 Å². The second-order valence-corrected chi connectivity index (χ2v) is 9.45. The molecule has 2 aromatic carbocycles. The number of hydrogen-bond donors (Lipinski definition) is 1. The summed E-state index contributed by atoms with van der Waals surface area (Å²) >= 11 is 0. The lowest BCUT2D eigenvalue weighted by molar-refractivity contribution is -0.137. The Morgan fingerprint density at radius 1 is 1.16 bits per heavy atom. The Hall–Kier alpha value is -2.46. The maximum absolute atomic E-state index is 13.1. The van der Waals surface area contributed by atoms with Gasteiger partial charge < -0.3 is 5.32 Å². The lowest BCUT2D eigenvalue weighted by Gasteiger charge is -2.32. The molecule has 2 aromatic rings. The van der Waals surface area contributed by atoms with Gasteiger partial charge in [-0.15, -0.1) is 0 Å². The summed E-state index contributed by atoms with van der Waals surface area (Å²) in [6, 6.07) is 8.47. The van der Waals surface area contributed by atoms with E-state index in [0.717, 1.165) is 24.3 Å². The van der Waals surface area contributed by atoms with Gasteiger partial charge in [-0.05, 0) is 61.7 Å². The fraction of sp³-hybridized carbons (Fsp3) is 0.381. The van der Waals surface area contributed by atoms with E-state index in [9.17, 15) is 30.8 Å². The van der Waals surface area contributed by atoms with E-state index in [1.54, 1.807) is 6.92 Å². The van der Waals surface area contributed by atoms with Gasteiger partial charge in [0.1, 0.15) is 5.82 Å². The van der Waals surface area contributed by atoms with Gasteiger partial charge in [-0.25, -0.2) is 12.8 Å². The van der Waals surface area contributed by atoms with Crippen molar-refractivity contribution in [3.05, 3.63) is 65.5 Å². The zero-order valence-electron chi connectivity index (χ0n) is 16.7. The Morgan fingerprint density at radius 2 is 1.84 bits per heavy atom. The van der Waals surface area contributed by atoms with Crippen LogP contribution < -0.4 is 5.32 Å². The first kappa shape index (κ1) is 23.2. The zero-order chi connectivity index (χ0) is 22.8. The molecule has 0 aromatic heterocycles. The number of piperidine rings is 1. The van der Waals surface area contributed by atoms with Crippen LogP contribution in [0, 0.1) is 11.7 Å². The third kappa shape index (κ3) is 5.43. The predicted molar refractivity (Wildman–Crippen MR) is 106 cm³/mol. The molecule has 10 heteroatoms. The third-order valence-electron chi connectivity index (χ3n) is 5.28. The van der Waals surface area contributed by atoms with E-state index in [2.05, 4.69) is 5.32 Å². The highest BCUT2D eigenvalue weighted by atomic mass is 32.2. The molecule has 3 rings (SSSR count). The SMILES string of the molecule is C[C@@H](NC(=O)[C@H]1CCCN(S(=O)(=O)c2ccc(F)cc2)C1)c1cccc(C(F)(F)F)c1. The number of nitrogens with one attached hydrogen (secondary N) is 1. The molecule has 0 unspecified atom stereocenters. The van der Waals surface area contributed by atoms with Crippen LogP contribution in [0.3, 0.4) is 0 Å². The van der Waals surface area contributed by atoms with Crippen molar-refractivity contribution in [2.75, 3.05) is 13.1 Å². The first-order valence-corrected chi connectivity index (χ1v) is 11.2. The molecule has 168 valence electrons. The minimum absolute atomic E-state index is 0.0547. The van der Waals surface area contributed by atoms with Crippen molar-refractivity contribution in [2.24, 2.45) is 5.92 Å². The number of amides is 1. The second kappa shape index (κ2) is 8.96. The molecule has 1 amide bonds. The lowest BCUT2D eigenvalue weighted by Crippen LogP contribution is -2.45. The Balaban J connectivity index is 1.69. The molecule has 1 fully saturated rings. The highest BCUT2D eigenvalue weighted by molar-refractivity contribution is 7.89. The summed E-state index contributed by atoms with van der Waals surface area (Å²) in [5, 5.41) is 2.69. The molecule has 0 bridgehead atoms. The largest absolute Gasteiger partial charge is 0.416 e. The summed E-state index contributed by atoms with van der Waals surface area (Å²) < 4.78 is 78.7. The van der Waals surface area contributed by atoms with Gasteiger partial charge in [-0.1, -0.05) is 12.1 Å². The monoisotopic (exact) mass is 458 g/mol.